The Labute approximate surface area is 184 Å². The van der Waals surface area contributed by atoms with Gasteiger partial charge in [-0.15, -0.1) is 0 Å². The molecule has 3 rings (SSSR count). The van der Waals surface area contributed by atoms with Crippen LogP contribution in [0.4, 0.5) is 4.39 Å². The van der Waals surface area contributed by atoms with Gasteiger partial charge in [-0.3, -0.25) is 9.69 Å². The molecule has 1 aromatic rings. The second-order valence-electron chi connectivity index (χ2n) is 8.61. The molecule has 174 valence electrons. The van der Waals surface area contributed by atoms with Crippen molar-refractivity contribution in [3.8, 4) is 0 Å². The van der Waals surface area contributed by atoms with Crippen LogP contribution in [0.5, 0.6) is 0 Å². The number of sulfonamides is 1. The molecule has 0 N–H and O–H groups in total. The zero-order valence-electron chi connectivity index (χ0n) is 17.9. The van der Waals surface area contributed by atoms with Gasteiger partial charge in [0.05, 0.1) is 18.1 Å². The Bertz CT molecular complexity index is 1010. The smallest absolute Gasteiger partial charge is 0.246 e. The minimum absolute atomic E-state index is 0.000120. The Kier molecular flexibility index (Phi) is 7.39. The van der Waals surface area contributed by atoms with Crippen LogP contribution in [0.1, 0.15) is 20.3 Å². The van der Waals surface area contributed by atoms with E-state index < -0.39 is 25.7 Å². The number of hydrogen-bond acceptors (Lipinski definition) is 6. The molecule has 2 fully saturated rings. The quantitative estimate of drug-likeness (QED) is 0.579. The zero-order chi connectivity index (χ0) is 22.8. The maximum atomic E-state index is 14.0. The number of rotatable bonds is 7. The fourth-order valence-corrected chi connectivity index (χ4v) is 7.29. The highest BCUT2D eigenvalue weighted by Crippen LogP contribution is 2.22. The van der Waals surface area contributed by atoms with E-state index in [2.05, 4.69) is 0 Å². The Morgan fingerprint density at radius 2 is 1.84 bits per heavy atom. The summed E-state index contributed by atoms with van der Waals surface area (Å²) < 4.78 is 64.4. The maximum absolute atomic E-state index is 14.0. The van der Waals surface area contributed by atoms with E-state index >= 15 is 0 Å². The molecule has 2 heterocycles. The average Bonchev–Trinajstić information content (AvgIpc) is 3.06. The lowest BCUT2D eigenvalue weighted by molar-refractivity contribution is -0.135. The van der Waals surface area contributed by atoms with Crippen molar-refractivity contribution in [2.75, 3.05) is 50.8 Å². The van der Waals surface area contributed by atoms with E-state index in [0.29, 0.717) is 26.1 Å². The summed E-state index contributed by atoms with van der Waals surface area (Å²) in [7, 11) is -7.04. The van der Waals surface area contributed by atoms with Gasteiger partial charge >= 0.3 is 0 Å². The first-order valence-electron chi connectivity index (χ1n) is 10.5. The summed E-state index contributed by atoms with van der Waals surface area (Å²) in [5.41, 5.74) is 0. The predicted octanol–water partition coefficient (Wildman–Crippen LogP) is 0.804. The molecule has 31 heavy (non-hydrogen) atoms. The number of nitrogens with zero attached hydrogens (tertiary/aromatic N) is 3. The minimum Gasteiger partial charge on any atom is -0.337 e. The average molecular weight is 476 g/mol. The number of carbonyl (C=O) groups excluding carboxylic acids is 1. The molecule has 1 unspecified atom stereocenters. The molecular formula is C20H30FN3O5S2. The van der Waals surface area contributed by atoms with Crippen molar-refractivity contribution in [2.45, 2.75) is 31.2 Å². The molecule has 0 saturated carbocycles. The van der Waals surface area contributed by atoms with Gasteiger partial charge in [-0.25, -0.2) is 21.2 Å². The topological polar surface area (TPSA) is 95.1 Å². The summed E-state index contributed by atoms with van der Waals surface area (Å²) in [4.78, 5) is 16.2. The number of amides is 1. The van der Waals surface area contributed by atoms with Crippen molar-refractivity contribution in [2.24, 2.45) is 5.92 Å². The molecule has 2 aliphatic heterocycles. The third-order valence-electron chi connectivity index (χ3n) is 5.68. The Balaban J connectivity index is 1.61. The number of hydrogen-bond donors (Lipinski definition) is 0. The maximum Gasteiger partial charge on any atom is 0.246 e. The van der Waals surface area contributed by atoms with Crippen LogP contribution in [-0.4, -0.2) is 93.7 Å². The summed E-state index contributed by atoms with van der Waals surface area (Å²) in [6, 6.07) is 4.99. The van der Waals surface area contributed by atoms with Gasteiger partial charge < -0.3 is 4.90 Å². The number of piperazine rings is 1. The van der Waals surface area contributed by atoms with Crippen LogP contribution in [0, 0.1) is 11.7 Å². The largest absolute Gasteiger partial charge is 0.337 e. The first-order chi connectivity index (χ1) is 14.5. The molecule has 2 saturated heterocycles. The first kappa shape index (κ1) is 24.1. The van der Waals surface area contributed by atoms with Gasteiger partial charge in [-0.1, -0.05) is 26.0 Å². The monoisotopic (exact) mass is 475 g/mol. The number of benzene rings is 1. The van der Waals surface area contributed by atoms with Crippen molar-refractivity contribution >= 4 is 25.8 Å². The summed E-state index contributed by atoms with van der Waals surface area (Å²) >= 11 is 0. The van der Waals surface area contributed by atoms with Crippen LogP contribution < -0.4 is 0 Å². The third kappa shape index (κ3) is 5.82. The summed E-state index contributed by atoms with van der Waals surface area (Å²) in [5, 5.41) is 0. The lowest BCUT2D eigenvalue weighted by Gasteiger charge is -2.36. The van der Waals surface area contributed by atoms with E-state index in [1.807, 2.05) is 18.7 Å². The molecular weight excluding hydrogens is 445 g/mol. The fourth-order valence-electron chi connectivity index (χ4n) is 4.07. The van der Waals surface area contributed by atoms with Crippen LogP contribution in [0.15, 0.2) is 29.2 Å². The summed E-state index contributed by atoms with van der Waals surface area (Å²) in [5.74, 6) is -0.612. The molecule has 1 atom stereocenters. The van der Waals surface area contributed by atoms with Gasteiger partial charge in [0.25, 0.3) is 0 Å². The highest BCUT2D eigenvalue weighted by Gasteiger charge is 2.36. The molecule has 1 aromatic carbocycles. The van der Waals surface area contributed by atoms with E-state index in [0.717, 1.165) is 6.07 Å². The summed E-state index contributed by atoms with van der Waals surface area (Å²) in [6.45, 7) is 5.57. The van der Waals surface area contributed by atoms with Gasteiger partial charge in [0.2, 0.25) is 15.9 Å². The van der Waals surface area contributed by atoms with Gasteiger partial charge in [-0.2, -0.15) is 4.31 Å². The van der Waals surface area contributed by atoms with Gasteiger partial charge in [0.15, 0.2) is 9.84 Å². The highest BCUT2D eigenvalue weighted by molar-refractivity contribution is 7.91. The van der Waals surface area contributed by atoms with Gasteiger partial charge in [-0.05, 0) is 24.5 Å². The van der Waals surface area contributed by atoms with Gasteiger partial charge in [0, 0.05) is 38.8 Å². The van der Waals surface area contributed by atoms with Crippen LogP contribution in [0.3, 0.4) is 0 Å². The first-order valence-corrected chi connectivity index (χ1v) is 13.7. The summed E-state index contributed by atoms with van der Waals surface area (Å²) in [6.07, 6.45) is 0.454. The molecule has 0 spiro atoms. The van der Waals surface area contributed by atoms with Gasteiger partial charge in [0.1, 0.15) is 10.7 Å². The normalized spacial score (nSPS) is 22.6. The third-order valence-corrected chi connectivity index (χ3v) is 9.36. The second kappa shape index (κ2) is 9.51. The van der Waals surface area contributed by atoms with E-state index in [-0.39, 0.29) is 53.9 Å². The molecule has 0 bridgehead atoms. The number of halogens is 1. The standard InChI is InChI=1S/C20H30FN3O5S2/c1-16(2)13-24(17-7-12-30(26,27)15-17)20(25)14-22-8-10-23(11-9-22)31(28,29)19-6-4-3-5-18(19)21/h3-6,16-17H,7-15H2,1-2H3. The van der Waals surface area contributed by atoms with Crippen LogP contribution in [0.25, 0.3) is 0 Å². The Morgan fingerprint density at radius 1 is 1.19 bits per heavy atom. The van der Waals surface area contributed by atoms with E-state index in [9.17, 15) is 26.0 Å². The van der Waals surface area contributed by atoms with Crippen molar-refractivity contribution in [1.29, 1.82) is 0 Å². The van der Waals surface area contributed by atoms with Crippen molar-refractivity contribution in [3.05, 3.63) is 30.1 Å². The van der Waals surface area contributed by atoms with Crippen molar-refractivity contribution in [3.63, 3.8) is 0 Å². The molecule has 8 nitrogen and oxygen atoms in total. The lowest BCUT2D eigenvalue weighted by atomic mass is 10.1. The van der Waals surface area contributed by atoms with Crippen LogP contribution in [-0.2, 0) is 24.7 Å². The Hall–Kier alpha value is -1.56. The van der Waals surface area contributed by atoms with Crippen molar-refractivity contribution in [1.82, 2.24) is 14.1 Å². The van der Waals surface area contributed by atoms with Crippen LogP contribution >= 0.6 is 0 Å². The minimum atomic E-state index is -3.93. The molecule has 0 aromatic heterocycles. The van der Waals surface area contributed by atoms with E-state index in [1.165, 1.54) is 22.5 Å². The predicted molar refractivity (Wildman–Crippen MR) is 115 cm³/mol. The second-order valence-corrected chi connectivity index (χ2v) is 12.7. The van der Waals surface area contributed by atoms with E-state index in [4.69, 9.17) is 0 Å². The highest BCUT2D eigenvalue weighted by atomic mass is 32.2. The molecule has 0 aliphatic carbocycles. The van der Waals surface area contributed by atoms with Crippen LogP contribution in [0.2, 0.25) is 0 Å². The molecule has 0 radical (unpaired) electrons. The fraction of sp³-hybridized carbons (Fsp3) is 0.650. The molecule has 2 aliphatic rings. The number of carbonyl (C=O) groups is 1. The molecule has 11 heteroatoms. The van der Waals surface area contributed by atoms with E-state index in [1.54, 1.807) is 4.90 Å². The lowest BCUT2D eigenvalue weighted by Crippen LogP contribution is -2.53. The number of sulfone groups is 1. The Morgan fingerprint density at radius 3 is 2.39 bits per heavy atom. The zero-order valence-corrected chi connectivity index (χ0v) is 19.5. The SMILES string of the molecule is CC(C)CN(C(=O)CN1CCN(S(=O)(=O)c2ccccc2F)CC1)C1CCS(=O)(=O)C1. The molecule has 1 amide bonds. The van der Waals surface area contributed by atoms with Crippen molar-refractivity contribution < 1.29 is 26.0 Å².